The average molecular weight is 643 g/mol. The molecule has 7 heteroatoms. The van der Waals surface area contributed by atoms with Gasteiger partial charge in [-0.2, -0.15) is 0 Å². The highest BCUT2D eigenvalue weighted by molar-refractivity contribution is 5.92. The minimum atomic E-state index is -0.532. The van der Waals surface area contributed by atoms with Crippen LogP contribution in [0.25, 0.3) is 0 Å². The lowest BCUT2D eigenvalue weighted by atomic mass is 9.77. The molecule has 1 saturated carbocycles. The van der Waals surface area contributed by atoms with E-state index in [1.165, 1.54) is 69.8 Å². The maximum absolute atomic E-state index is 12.9. The monoisotopic (exact) mass is 642 g/mol. The van der Waals surface area contributed by atoms with Crippen molar-refractivity contribution in [2.45, 2.75) is 103 Å². The van der Waals surface area contributed by atoms with Crippen LogP contribution in [-0.4, -0.2) is 37.9 Å². The molecule has 0 aromatic heterocycles. The fourth-order valence-corrected chi connectivity index (χ4v) is 6.16. The van der Waals surface area contributed by atoms with Crippen molar-refractivity contribution in [3.05, 3.63) is 83.4 Å². The predicted molar refractivity (Wildman–Crippen MR) is 183 cm³/mol. The summed E-state index contributed by atoms with van der Waals surface area (Å²) in [6, 6.07) is 19.3. The van der Waals surface area contributed by atoms with Crippen LogP contribution in [0.2, 0.25) is 0 Å². The Morgan fingerprint density at radius 3 is 1.96 bits per heavy atom. The third-order valence-electron chi connectivity index (χ3n) is 9.19. The van der Waals surface area contributed by atoms with Crippen molar-refractivity contribution in [2.75, 3.05) is 19.8 Å². The average Bonchev–Trinajstić information content (AvgIpc) is 3.93. The topological polar surface area (TPSA) is 83.6 Å². The number of hydrogen-bond donors (Lipinski definition) is 0. The quantitative estimate of drug-likeness (QED) is 0.0591. The van der Waals surface area contributed by atoms with Crippen molar-refractivity contribution in [1.82, 2.24) is 0 Å². The number of unbranched alkanes of at least 4 members (excludes halogenated alkanes) is 5. The van der Waals surface area contributed by atoms with Crippen LogP contribution in [0, 0.1) is 5.92 Å². The summed E-state index contributed by atoms with van der Waals surface area (Å²) in [5.74, 6) is 2.29. The second-order valence-corrected chi connectivity index (χ2v) is 12.9. The molecular formula is C40H50O7. The molecule has 252 valence electrons. The molecule has 3 aromatic rings. The second-order valence-electron chi connectivity index (χ2n) is 12.9. The van der Waals surface area contributed by atoms with Gasteiger partial charge in [-0.15, -0.1) is 0 Å². The number of hydrogen-bond acceptors (Lipinski definition) is 7. The SMILES string of the molecule is CCCCCCCC1CCC(c2ccc(C(=O)Oc3ccc(C(=O)Oc4ccc(OCCCC)c(OCC5CO5)c4)cc3)cc2)CC1. The van der Waals surface area contributed by atoms with Gasteiger partial charge >= 0.3 is 11.9 Å². The van der Waals surface area contributed by atoms with Gasteiger partial charge in [-0.25, -0.2) is 9.59 Å². The number of ether oxygens (including phenoxy) is 5. The molecule has 3 aromatic carbocycles. The van der Waals surface area contributed by atoms with E-state index in [1.807, 2.05) is 12.1 Å². The lowest BCUT2D eigenvalue weighted by Crippen LogP contribution is -2.14. The predicted octanol–water partition coefficient (Wildman–Crippen LogP) is 9.72. The van der Waals surface area contributed by atoms with E-state index in [0.717, 1.165) is 18.8 Å². The third-order valence-corrected chi connectivity index (χ3v) is 9.19. The molecule has 2 aliphatic rings. The molecule has 1 aliphatic heterocycles. The van der Waals surface area contributed by atoms with Gasteiger partial charge in [-0.3, -0.25) is 0 Å². The van der Waals surface area contributed by atoms with Crippen LogP contribution >= 0.6 is 0 Å². The molecule has 0 spiro atoms. The minimum absolute atomic E-state index is 0.0843. The van der Waals surface area contributed by atoms with Crippen LogP contribution in [0.3, 0.4) is 0 Å². The zero-order chi connectivity index (χ0) is 32.8. The molecule has 0 N–H and O–H groups in total. The number of esters is 2. The highest BCUT2D eigenvalue weighted by atomic mass is 16.6. The number of benzene rings is 3. The number of carbonyl (C=O) groups excluding carboxylic acids is 2. The van der Waals surface area contributed by atoms with Gasteiger partial charge in [-0.05, 0) is 98.0 Å². The Morgan fingerprint density at radius 1 is 0.681 bits per heavy atom. The third kappa shape index (κ3) is 10.9. The molecule has 7 nitrogen and oxygen atoms in total. The van der Waals surface area contributed by atoms with Crippen molar-refractivity contribution in [3.8, 4) is 23.0 Å². The van der Waals surface area contributed by atoms with Gasteiger partial charge in [0.1, 0.15) is 24.2 Å². The van der Waals surface area contributed by atoms with Crippen LogP contribution < -0.4 is 18.9 Å². The zero-order valence-corrected chi connectivity index (χ0v) is 28.0. The van der Waals surface area contributed by atoms with Crippen molar-refractivity contribution in [2.24, 2.45) is 5.92 Å². The van der Waals surface area contributed by atoms with Gasteiger partial charge in [0.2, 0.25) is 0 Å². The first kappa shape index (κ1) is 34.5. The van der Waals surface area contributed by atoms with Crippen LogP contribution in [-0.2, 0) is 4.74 Å². The summed E-state index contributed by atoms with van der Waals surface area (Å²) in [6.07, 6.45) is 15.2. The Hall–Kier alpha value is -3.84. The van der Waals surface area contributed by atoms with E-state index in [-0.39, 0.29) is 6.10 Å². The van der Waals surface area contributed by atoms with E-state index < -0.39 is 11.9 Å². The van der Waals surface area contributed by atoms with Gasteiger partial charge in [0, 0.05) is 6.07 Å². The summed E-state index contributed by atoms with van der Waals surface area (Å²) < 4.78 is 28.2. The normalized spacial score (nSPS) is 18.7. The summed E-state index contributed by atoms with van der Waals surface area (Å²) in [5, 5.41) is 0. The molecule has 1 saturated heterocycles. The molecule has 0 amide bonds. The Morgan fingerprint density at radius 2 is 1.30 bits per heavy atom. The lowest BCUT2D eigenvalue weighted by Gasteiger charge is -2.29. The molecule has 1 heterocycles. The van der Waals surface area contributed by atoms with Gasteiger partial charge < -0.3 is 23.7 Å². The van der Waals surface area contributed by atoms with E-state index in [1.54, 1.807) is 42.5 Å². The van der Waals surface area contributed by atoms with E-state index in [9.17, 15) is 9.59 Å². The number of carbonyl (C=O) groups is 2. The van der Waals surface area contributed by atoms with Crippen molar-refractivity contribution in [1.29, 1.82) is 0 Å². The Kier molecular flexibility index (Phi) is 13.1. The molecule has 0 bridgehead atoms. The summed E-state index contributed by atoms with van der Waals surface area (Å²) >= 11 is 0. The molecule has 2 fully saturated rings. The fraction of sp³-hybridized carbons (Fsp3) is 0.500. The van der Waals surface area contributed by atoms with E-state index in [4.69, 9.17) is 23.7 Å². The first-order valence-electron chi connectivity index (χ1n) is 17.7. The molecule has 0 radical (unpaired) electrons. The van der Waals surface area contributed by atoms with Crippen LogP contribution in [0.5, 0.6) is 23.0 Å². The molecule has 1 unspecified atom stereocenters. The maximum atomic E-state index is 12.9. The summed E-state index contributed by atoms with van der Waals surface area (Å²) in [5.41, 5.74) is 2.14. The maximum Gasteiger partial charge on any atom is 0.343 e. The molecule has 5 rings (SSSR count). The lowest BCUT2D eigenvalue weighted by molar-refractivity contribution is 0.0730. The smallest absolute Gasteiger partial charge is 0.343 e. The first-order valence-corrected chi connectivity index (χ1v) is 17.7. The standard InChI is InChI=1S/C40H50O7/c1-3-5-7-8-9-10-29-11-13-30(14-12-29)31-15-17-32(18-16-31)39(41)46-34-21-19-33(20-22-34)40(42)47-35-23-24-37(43-25-6-4-2)38(26-35)45-28-36-27-44-36/h15-24,26,29-30,36H,3-14,25,27-28H2,1-2H3. The molecular weight excluding hydrogens is 592 g/mol. The van der Waals surface area contributed by atoms with Gasteiger partial charge in [0.25, 0.3) is 0 Å². The number of epoxide rings is 1. The van der Waals surface area contributed by atoms with E-state index in [2.05, 4.69) is 26.0 Å². The summed E-state index contributed by atoms with van der Waals surface area (Å²) in [6.45, 7) is 6.03. The van der Waals surface area contributed by atoms with Crippen molar-refractivity contribution in [3.63, 3.8) is 0 Å². The van der Waals surface area contributed by atoms with Crippen LogP contribution in [0.1, 0.15) is 123 Å². The first-order chi connectivity index (χ1) is 23.0. The van der Waals surface area contributed by atoms with E-state index >= 15 is 0 Å². The summed E-state index contributed by atoms with van der Waals surface area (Å²) in [7, 11) is 0. The van der Waals surface area contributed by atoms with E-state index in [0.29, 0.717) is 59.9 Å². The van der Waals surface area contributed by atoms with Gasteiger partial charge in [-0.1, -0.05) is 70.9 Å². The van der Waals surface area contributed by atoms with Gasteiger partial charge in [0.05, 0.1) is 24.3 Å². The van der Waals surface area contributed by atoms with Crippen LogP contribution in [0.15, 0.2) is 66.7 Å². The minimum Gasteiger partial charge on any atom is -0.490 e. The highest BCUT2D eigenvalue weighted by Gasteiger charge is 2.25. The highest BCUT2D eigenvalue weighted by Crippen LogP contribution is 2.38. The molecule has 1 atom stereocenters. The molecule has 47 heavy (non-hydrogen) atoms. The fourth-order valence-electron chi connectivity index (χ4n) is 6.16. The Balaban J connectivity index is 1.09. The van der Waals surface area contributed by atoms with Crippen molar-refractivity contribution >= 4 is 11.9 Å². The summed E-state index contributed by atoms with van der Waals surface area (Å²) in [4.78, 5) is 25.8. The second kappa shape index (κ2) is 17.9. The van der Waals surface area contributed by atoms with Crippen LogP contribution in [0.4, 0.5) is 0 Å². The number of rotatable bonds is 18. The Bertz CT molecular complexity index is 1400. The Labute approximate surface area is 279 Å². The van der Waals surface area contributed by atoms with Crippen molar-refractivity contribution < 1.29 is 33.3 Å². The van der Waals surface area contributed by atoms with Gasteiger partial charge in [0.15, 0.2) is 11.5 Å². The zero-order valence-electron chi connectivity index (χ0n) is 28.0. The molecule has 1 aliphatic carbocycles. The largest absolute Gasteiger partial charge is 0.490 e.